The summed E-state index contributed by atoms with van der Waals surface area (Å²) in [5, 5.41) is 0.599. The average molecular weight is 375 g/mol. The van der Waals surface area contributed by atoms with Gasteiger partial charge in [0.25, 0.3) is 0 Å². The van der Waals surface area contributed by atoms with Crippen molar-refractivity contribution in [1.29, 1.82) is 0 Å². The maximum absolute atomic E-state index is 12.6. The van der Waals surface area contributed by atoms with Crippen LogP contribution in [0.4, 0.5) is 0 Å². The normalized spacial score (nSPS) is 11.8. The highest BCUT2D eigenvalue weighted by atomic mass is 32.2. The molecule has 0 N–H and O–H groups in total. The number of hydrogen-bond donors (Lipinski definition) is 0. The monoisotopic (exact) mass is 374 g/mol. The predicted molar refractivity (Wildman–Crippen MR) is 104 cm³/mol. The molecule has 2 aromatic carbocycles. The molecule has 0 saturated heterocycles. The Bertz CT molecular complexity index is 697. The Morgan fingerprint density at radius 1 is 0.960 bits per heavy atom. The summed E-state index contributed by atoms with van der Waals surface area (Å²) in [5.41, 5.74) is 0.547. The van der Waals surface area contributed by atoms with Crippen LogP contribution in [-0.4, -0.2) is 12.1 Å². The third-order valence-corrected chi connectivity index (χ3v) is 4.83. The van der Waals surface area contributed by atoms with Crippen LogP contribution >= 0.6 is 23.8 Å². The lowest BCUT2D eigenvalue weighted by Crippen LogP contribution is -2.10. The molecule has 0 fully saturated rings. The lowest BCUT2D eigenvalue weighted by molar-refractivity contribution is -0.129. The molecule has 0 spiro atoms. The fourth-order valence-electron chi connectivity index (χ4n) is 1.95. The van der Waals surface area contributed by atoms with Crippen LogP contribution in [0.1, 0.15) is 27.2 Å². The van der Waals surface area contributed by atoms with Crippen LogP contribution in [0.5, 0.6) is 0 Å². The molecule has 0 unspecified atom stereocenters. The molecule has 0 bridgehead atoms. The highest BCUT2D eigenvalue weighted by molar-refractivity contribution is 8.03. The number of hydrogen-bond acceptors (Lipinski definition) is 5. The summed E-state index contributed by atoms with van der Waals surface area (Å²) in [6.45, 7) is 5.82. The summed E-state index contributed by atoms with van der Waals surface area (Å²) in [4.78, 5) is 14.5. The largest absolute Gasteiger partial charge is 0.484 e. The van der Waals surface area contributed by atoms with Crippen LogP contribution in [0.3, 0.4) is 0 Å². The topological polar surface area (TPSA) is 35.5 Å². The Kier molecular flexibility index (Phi) is 7.95. The van der Waals surface area contributed by atoms with Gasteiger partial charge in [-0.2, -0.15) is 0 Å². The van der Waals surface area contributed by atoms with Gasteiger partial charge in [0, 0.05) is 9.79 Å². The van der Waals surface area contributed by atoms with E-state index in [0.29, 0.717) is 17.1 Å². The molecule has 2 rings (SSSR count). The fourth-order valence-corrected chi connectivity index (χ4v) is 3.59. The predicted octanol–water partition coefficient (Wildman–Crippen LogP) is 6.08. The van der Waals surface area contributed by atoms with E-state index in [-0.39, 0.29) is 12.1 Å². The Labute approximate surface area is 158 Å². The van der Waals surface area contributed by atoms with Crippen LogP contribution < -0.4 is 0 Å². The van der Waals surface area contributed by atoms with Gasteiger partial charge >= 0.3 is 5.97 Å². The van der Waals surface area contributed by atoms with Crippen LogP contribution in [0, 0.1) is 0 Å². The van der Waals surface area contributed by atoms with Crippen molar-refractivity contribution in [3.05, 3.63) is 71.3 Å². The molecule has 0 radical (unpaired) electrons. The smallest absolute Gasteiger partial charge is 0.350 e. The molecule has 0 aromatic heterocycles. The molecule has 5 heteroatoms. The van der Waals surface area contributed by atoms with Gasteiger partial charge in [-0.25, -0.2) is 4.79 Å². The molecule has 0 amide bonds. The maximum Gasteiger partial charge on any atom is 0.350 e. The third-order valence-electron chi connectivity index (χ3n) is 3.10. The Morgan fingerprint density at radius 2 is 1.52 bits per heavy atom. The lowest BCUT2D eigenvalue weighted by atomic mass is 10.2. The maximum atomic E-state index is 12.6. The van der Waals surface area contributed by atoms with E-state index >= 15 is 0 Å². The van der Waals surface area contributed by atoms with Gasteiger partial charge in [0.15, 0.2) is 5.09 Å². The molecular formula is C20H22O3S2. The van der Waals surface area contributed by atoms with E-state index in [4.69, 9.17) is 8.92 Å². The first-order valence-corrected chi connectivity index (χ1v) is 9.72. The van der Waals surface area contributed by atoms with Crippen molar-refractivity contribution in [1.82, 2.24) is 0 Å². The Balaban J connectivity index is 2.17. The summed E-state index contributed by atoms with van der Waals surface area (Å²) in [6.07, 6.45) is 0.512. The fraction of sp³-hybridized carbons (Fsp3) is 0.250. The van der Waals surface area contributed by atoms with Gasteiger partial charge in [0.2, 0.25) is 0 Å². The number of ether oxygens (including phenoxy) is 1. The van der Waals surface area contributed by atoms with Crippen LogP contribution in [0.2, 0.25) is 0 Å². The van der Waals surface area contributed by atoms with E-state index in [2.05, 4.69) is 0 Å². The molecular weight excluding hydrogens is 352 g/mol. The minimum atomic E-state index is -0.365. The van der Waals surface area contributed by atoms with E-state index in [9.17, 15) is 4.79 Å². The summed E-state index contributed by atoms with van der Waals surface area (Å²) < 4.78 is 11.3. The molecule has 3 nitrogen and oxygen atoms in total. The number of rotatable bonds is 8. The third kappa shape index (κ3) is 6.52. The summed E-state index contributed by atoms with van der Waals surface area (Å²) in [7, 11) is 0. The number of carbonyl (C=O) groups excluding carboxylic acids is 1. The summed E-state index contributed by atoms with van der Waals surface area (Å²) in [5.74, 6) is -0.365. The van der Waals surface area contributed by atoms with Crippen LogP contribution in [0.25, 0.3) is 0 Å². The van der Waals surface area contributed by atoms with Gasteiger partial charge in [0.1, 0.15) is 0 Å². The van der Waals surface area contributed by atoms with E-state index in [1.54, 1.807) is 0 Å². The Hall–Kier alpha value is -1.85. The van der Waals surface area contributed by atoms with Gasteiger partial charge < -0.3 is 8.92 Å². The molecule has 0 saturated carbocycles. The first kappa shape index (κ1) is 19.5. The Morgan fingerprint density at radius 3 is 2.04 bits per heavy atom. The zero-order valence-corrected chi connectivity index (χ0v) is 16.2. The first-order valence-electron chi connectivity index (χ1n) is 8.16. The average Bonchev–Trinajstić information content (AvgIpc) is 2.62. The number of benzene rings is 2. The lowest BCUT2D eigenvalue weighted by Gasteiger charge is -2.16. The minimum absolute atomic E-state index is 0.0256. The first-order chi connectivity index (χ1) is 12.1. The second-order valence-electron chi connectivity index (χ2n) is 5.47. The van der Waals surface area contributed by atoms with Gasteiger partial charge in [-0.3, -0.25) is 0 Å². The van der Waals surface area contributed by atoms with Crippen molar-refractivity contribution in [3.8, 4) is 0 Å². The van der Waals surface area contributed by atoms with Gasteiger partial charge in [0.05, 0.1) is 23.7 Å². The molecule has 25 heavy (non-hydrogen) atoms. The SMILES string of the molecule is CCC(C(=O)OSc1ccccc1)=C(OC(C)C)Sc1ccccc1. The second kappa shape index (κ2) is 10.2. The summed E-state index contributed by atoms with van der Waals surface area (Å²) >= 11 is 2.51. The summed E-state index contributed by atoms with van der Waals surface area (Å²) in [6, 6.07) is 19.4. The van der Waals surface area contributed by atoms with Crippen LogP contribution in [-0.2, 0) is 13.7 Å². The van der Waals surface area contributed by atoms with Crippen molar-refractivity contribution < 1.29 is 13.7 Å². The zero-order chi connectivity index (χ0) is 18.1. The van der Waals surface area contributed by atoms with E-state index < -0.39 is 0 Å². The van der Waals surface area contributed by atoms with Crippen molar-refractivity contribution in [2.75, 3.05) is 0 Å². The standard InChI is InChI=1S/C20H22O3S2/c1-4-18(19(21)23-25-17-13-9-6-10-14-17)20(22-15(2)3)24-16-11-7-5-8-12-16/h5-15H,4H2,1-3H3. The molecule has 0 aliphatic carbocycles. The van der Waals surface area contributed by atoms with Crippen molar-refractivity contribution in [3.63, 3.8) is 0 Å². The molecule has 132 valence electrons. The second-order valence-corrected chi connectivity index (χ2v) is 7.32. The van der Waals surface area contributed by atoms with Gasteiger partial charge in [-0.1, -0.05) is 55.1 Å². The van der Waals surface area contributed by atoms with Gasteiger partial charge in [-0.05, 0) is 44.5 Å². The highest BCUT2D eigenvalue weighted by Crippen LogP contribution is 2.33. The molecule has 2 aromatic rings. The van der Waals surface area contributed by atoms with Crippen molar-refractivity contribution >= 4 is 29.8 Å². The zero-order valence-electron chi connectivity index (χ0n) is 14.6. The minimum Gasteiger partial charge on any atom is -0.484 e. The molecule has 0 aliphatic rings. The van der Waals surface area contributed by atoms with Crippen molar-refractivity contribution in [2.24, 2.45) is 0 Å². The van der Waals surface area contributed by atoms with Crippen molar-refractivity contribution in [2.45, 2.75) is 43.1 Å². The van der Waals surface area contributed by atoms with E-state index in [1.165, 1.54) is 11.8 Å². The van der Waals surface area contributed by atoms with Gasteiger partial charge in [-0.15, -0.1) is 0 Å². The van der Waals surface area contributed by atoms with E-state index in [0.717, 1.165) is 21.8 Å². The number of thioether (sulfide) groups is 1. The quantitative estimate of drug-likeness (QED) is 0.242. The molecule has 0 atom stereocenters. The number of carbonyl (C=O) groups is 1. The van der Waals surface area contributed by atoms with E-state index in [1.807, 2.05) is 81.4 Å². The van der Waals surface area contributed by atoms with Crippen LogP contribution in [0.15, 0.2) is 81.1 Å². The molecule has 0 aliphatic heterocycles. The highest BCUT2D eigenvalue weighted by Gasteiger charge is 2.20. The molecule has 0 heterocycles.